The van der Waals surface area contributed by atoms with Crippen molar-refractivity contribution in [2.24, 2.45) is 0 Å². The van der Waals surface area contributed by atoms with Crippen LogP contribution in [0.15, 0.2) is 59.0 Å². The normalized spacial score (nSPS) is 15.1. The molecule has 214 valence electrons. The molecule has 0 saturated heterocycles. The summed E-state index contributed by atoms with van der Waals surface area (Å²) in [7, 11) is 1.50. The topological polar surface area (TPSA) is 71.8 Å². The summed E-state index contributed by atoms with van der Waals surface area (Å²) in [5.74, 6) is -0.145. The predicted molar refractivity (Wildman–Crippen MR) is 147 cm³/mol. The van der Waals surface area contributed by atoms with Gasteiger partial charge in [-0.15, -0.1) is 0 Å². The van der Waals surface area contributed by atoms with Crippen LogP contribution in [0, 0.1) is 6.92 Å². The third kappa shape index (κ3) is 6.35. The van der Waals surface area contributed by atoms with Gasteiger partial charge in [-0.3, -0.25) is 14.5 Å². The quantitative estimate of drug-likeness (QED) is 0.330. The second-order valence-electron chi connectivity index (χ2n) is 11.3. The maximum atomic E-state index is 14.3. The number of anilines is 1. The summed E-state index contributed by atoms with van der Waals surface area (Å²) < 4.78 is 52.6. The number of hydrogen-bond donors (Lipinski definition) is 1. The molecule has 0 aliphatic heterocycles. The fourth-order valence-corrected chi connectivity index (χ4v) is 4.94. The first-order chi connectivity index (χ1) is 18.8. The Hall–Kier alpha value is -3.75. The summed E-state index contributed by atoms with van der Waals surface area (Å²) in [5.41, 5.74) is -0.479. The van der Waals surface area contributed by atoms with Crippen LogP contribution in [-0.2, 0) is 16.4 Å². The zero-order valence-electron chi connectivity index (χ0n) is 23.4. The van der Waals surface area contributed by atoms with Gasteiger partial charge in [-0.2, -0.15) is 13.2 Å². The number of nitrogens with one attached hydrogen (secondary N) is 1. The van der Waals surface area contributed by atoms with Crippen LogP contribution < -0.4 is 15.0 Å². The van der Waals surface area contributed by atoms with Crippen molar-refractivity contribution in [3.63, 3.8) is 0 Å². The minimum absolute atomic E-state index is 0.0329. The fourth-order valence-electron chi connectivity index (χ4n) is 4.94. The number of methoxy groups -OCH3 is 1. The Balaban J connectivity index is 1.90. The summed E-state index contributed by atoms with van der Waals surface area (Å²) >= 11 is 0. The minimum atomic E-state index is -4.65. The third-order valence-electron chi connectivity index (χ3n) is 7.16. The molecule has 3 aromatic rings. The number of carbonyl (C=O) groups excluding carboxylic acids is 2. The first-order valence-corrected chi connectivity index (χ1v) is 13.4. The van der Waals surface area contributed by atoms with Gasteiger partial charge < -0.3 is 14.5 Å². The molecular weight excluding hydrogens is 521 g/mol. The molecule has 0 spiro atoms. The van der Waals surface area contributed by atoms with Crippen LogP contribution >= 0.6 is 0 Å². The van der Waals surface area contributed by atoms with Gasteiger partial charge in [0, 0.05) is 22.7 Å². The lowest BCUT2D eigenvalue weighted by Crippen LogP contribution is -2.46. The number of carbonyl (C=O) groups is 2. The largest absolute Gasteiger partial charge is 0.497 e. The van der Waals surface area contributed by atoms with Gasteiger partial charge in [0.1, 0.15) is 17.6 Å². The van der Waals surface area contributed by atoms with Gasteiger partial charge in [-0.05, 0) is 61.7 Å². The van der Waals surface area contributed by atoms with Crippen molar-refractivity contribution in [2.75, 3.05) is 12.0 Å². The van der Waals surface area contributed by atoms with Crippen LogP contribution in [0.1, 0.15) is 85.5 Å². The molecule has 1 heterocycles. The van der Waals surface area contributed by atoms with Crippen LogP contribution in [0.3, 0.4) is 0 Å². The molecule has 1 aliphatic carbocycles. The van der Waals surface area contributed by atoms with Crippen molar-refractivity contribution in [2.45, 2.75) is 77.1 Å². The number of halogens is 3. The molecule has 1 unspecified atom stereocenters. The average molecular weight is 557 g/mol. The highest BCUT2D eigenvalue weighted by Crippen LogP contribution is 2.37. The van der Waals surface area contributed by atoms with Crippen molar-refractivity contribution in [3.05, 3.63) is 82.8 Å². The van der Waals surface area contributed by atoms with Crippen molar-refractivity contribution in [3.8, 4) is 5.75 Å². The van der Waals surface area contributed by atoms with E-state index in [2.05, 4.69) is 5.32 Å². The minimum Gasteiger partial charge on any atom is -0.497 e. The maximum absolute atomic E-state index is 14.3. The van der Waals surface area contributed by atoms with Gasteiger partial charge in [-0.25, -0.2) is 0 Å². The number of nitrogens with zero attached hydrogens (tertiary/aromatic N) is 1. The fraction of sp³-hybridized carbons (Fsp3) is 0.419. The number of ether oxygens (including phenoxy) is 1. The lowest BCUT2D eigenvalue weighted by molar-refractivity contribution is -0.137. The van der Waals surface area contributed by atoms with Crippen molar-refractivity contribution in [1.82, 2.24) is 5.32 Å². The molecule has 1 atom stereocenters. The van der Waals surface area contributed by atoms with E-state index in [9.17, 15) is 22.8 Å². The van der Waals surface area contributed by atoms with Crippen molar-refractivity contribution >= 4 is 17.5 Å². The lowest BCUT2D eigenvalue weighted by Gasteiger charge is -2.32. The molecule has 1 N–H and O–H groups in total. The molecule has 1 fully saturated rings. The van der Waals surface area contributed by atoms with E-state index in [1.807, 2.05) is 20.8 Å². The summed E-state index contributed by atoms with van der Waals surface area (Å²) in [6.45, 7) is 7.50. The third-order valence-corrected chi connectivity index (χ3v) is 7.16. The van der Waals surface area contributed by atoms with Gasteiger partial charge in [0.05, 0.1) is 12.7 Å². The van der Waals surface area contributed by atoms with E-state index in [1.54, 1.807) is 37.3 Å². The van der Waals surface area contributed by atoms with E-state index < -0.39 is 35.0 Å². The Morgan fingerprint density at radius 3 is 2.23 bits per heavy atom. The Kier molecular flexibility index (Phi) is 8.33. The predicted octanol–water partition coefficient (Wildman–Crippen LogP) is 7.36. The number of furan rings is 1. The molecule has 0 bridgehead atoms. The maximum Gasteiger partial charge on any atom is 0.416 e. The summed E-state index contributed by atoms with van der Waals surface area (Å²) in [6.07, 6.45) is -1.12. The molecule has 4 rings (SSSR count). The highest BCUT2D eigenvalue weighted by molar-refractivity contribution is 6.09. The molecule has 1 aromatic heterocycles. The number of rotatable bonds is 7. The van der Waals surface area contributed by atoms with Crippen LogP contribution in [0.5, 0.6) is 5.75 Å². The Morgan fingerprint density at radius 1 is 1.02 bits per heavy atom. The average Bonchev–Trinajstić information content (AvgIpc) is 3.56. The molecule has 9 heteroatoms. The monoisotopic (exact) mass is 556 g/mol. The Labute approximate surface area is 232 Å². The van der Waals surface area contributed by atoms with E-state index in [0.717, 1.165) is 42.7 Å². The molecule has 1 aliphatic rings. The van der Waals surface area contributed by atoms with Crippen molar-refractivity contribution < 1.29 is 31.9 Å². The number of hydrogen-bond acceptors (Lipinski definition) is 4. The SMILES string of the molecule is COc1ccc(C(C(=O)NC2CCCC2)N(C(=O)c2oc(C(C)(C)C)cc2C)c2cccc(C(F)(F)F)c2)cc1. The van der Waals surface area contributed by atoms with Gasteiger partial charge in [0.15, 0.2) is 5.76 Å². The van der Waals surface area contributed by atoms with Gasteiger partial charge >= 0.3 is 6.18 Å². The molecule has 6 nitrogen and oxygen atoms in total. The van der Waals surface area contributed by atoms with Gasteiger partial charge in [-0.1, -0.05) is 51.8 Å². The molecular formula is C31H35F3N2O4. The standard InChI is InChI=1S/C31H35F3N2O4/c1-19-17-25(30(2,3)4)40-27(19)29(38)36(23-12-8-9-21(18-23)31(32,33)34)26(20-13-15-24(39-5)16-14-20)28(37)35-22-10-6-7-11-22/h8-9,12-18,22,26H,6-7,10-11H2,1-5H3,(H,35,37). The second-order valence-corrected chi connectivity index (χ2v) is 11.3. The zero-order chi connectivity index (χ0) is 29.2. The first kappa shape index (κ1) is 29.2. The Morgan fingerprint density at radius 2 is 1.68 bits per heavy atom. The highest BCUT2D eigenvalue weighted by Gasteiger charge is 2.39. The summed E-state index contributed by atoms with van der Waals surface area (Å²) in [5, 5.41) is 3.03. The summed E-state index contributed by atoms with van der Waals surface area (Å²) in [4.78, 5) is 29.4. The van der Waals surface area contributed by atoms with Crippen LogP contribution in [-0.4, -0.2) is 25.0 Å². The van der Waals surface area contributed by atoms with Gasteiger partial charge in [0.2, 0.25) is 5.91 Å². The van der Waals surface area contributed by atoms with E-state index in [1.165, 1.54) is 19.2 Å². The van der Waals surface area contributed by atoms with Gasteiger partial charge in [0.25, 0.3) is 5.91 Å². The zero-order valence-corrected chi connectivity index (χ0v) is 23.4. The van der Waals surface area contributed by atoms with Crippen LogP contribution in [0.2, 0.25) is 0 Å². The molecule has 1 saturated carbocycles. The van der Waals surface area contributed by atoms with E-state index in [0.29, 0.717) is 22.6 Å². The van der Waals surface area contributed by atoms with E-state index in [4.69, 9.17) is 9.15 Å². The number of alkyl halides is 3. The number of aryl methyl sites for hydroxylation is 1. The highest BCUT2D eigenvalue weighted by atomic mass is 19.4. The number of benzene rings is 2. The molecule has 40 heavy (non-hydrogen) atoms. The first-order valence-electron chi connectivity index (χ1n) is 13.4. The van der Waals surface area contributed by atoms with Crippen LogP contribution in [0.25, 0.3) is 0 Å². The lowest BCUT2D eigenvalue weighted by atomic mass is 9.93. The van der Waals surface area contributed by atoms with Crippen LogP contribution in [0.4, 0.5) is 18.9 Å². The number of amides is 2. The summed E-state index contributed by atoms with van der Waals surface area (Å²) in [6, 6.07) is 11.4. The molecule has 2 aromatic carbocycles. The molecule has 2 amide bonds. The molecule has 0 radical (unpaired) electrons. The second kappa shape index (κ2) is 11.4. The Bertz CT molecular complexity index is 1350. The van der Waals surface area contributed by atoms with Crippen molar-refractivity contribution in [1.29, 1.82) is 0 Å². The smallest absolute Gasteiger partial charge is 0.416 e. The van der Waals surface area contributed by atoms with E-state index >= 15 is 0 Å². The van der Waals surface area contributed by atoms with E-state index in [-0.39, 0.29) is 17.5 Å².